The van der Waals surface area contributed by atoms with Crippen LogP contribution in [0.25, 0.3) is 0 Å². The lowest BCUT2D eigenvalue weighted by Crippen LogP contribution is -2.35. The Hall–Kier alpha value is -0.680. The third kappa shape index (κ3) is 3.15. The first-order valence-electron chi connectivity index (χ1n) is 6.02. The fourth-order valence-corrected chi connectivity index (χ4v) is 2.83. The van der Waals surface area contributed by atoms with Crippen molar-refractivity contribution in [3.63, 3.8) is 0 Å². The molecule has 1 aromatic rings. The topological polar surface area (TPSA) is 41.1 Å². The van der Waals surface area contributed by atoms with Crippen molar-refractivity contribution in [2.24, 2.45) is 5.92 Å². The molecule has 0 aliphatic carbocycles. The van der Waals surface area contributed by atoms with Gasteiger partial charge in [0, 0.05) is 13.1 Å². The monoisotopic (exact) mass is 240 g/mol. The largest absolute Gasteiger partial charge is 0.360 e. The van der Waals surface area contributed by atoms with Crippen LogP contribution in [0.5, 0.6) is 0 Å². The Labute approximate surface area is 101 Å². The number of nitrogens with one attached hydrogen (secondary N) is 1. The van der Waals surface area contributed by atoms with E-state index in [1.165, 1.54) is 25.9 Å². The van der Waals surface area contributed by atoms with Gasteiger partial charge in [0.2, 0.25) is 5.13 Å². The number of hydrogen-bond acceptors (Lipinski definition) is 5. The number of aryl methyl sites for hydroxylation is 1. The molecule has 5 heteroatoms. The van der Waals surface area contributed by atoms with Crippen LogP contribution in [0.2, 0.25) is 0 Å². The zero-order chi connectivity index (χ0) is 11.4. The van der Waals surface area contributed by atoms with E-state index < -0.39 is 0 Å². The molecule has 4 nitrogen and oxygen atoms in total. The molecule has 1 saturated heterocycles. The fraction of sp³-hybridized carbons (Fsp3) is 0.818. The zero-order valence-electron chi connectivity index (χ0n) is 10.1. The molecule has 0 spiro atoms. The van der Waals surface area contributed by atoms with Gasteiger partial charge in [-0.15, -0.1) is 10.2 Å². The van der Waals surface area contributed by atoms with Crippen LogP contribution in [-0.2, 0) is 6.42 Å². The summed E-state index contributed by atoms with van der Waals surface area (Å²) in [7, 11) is 2.20. The van der Waals surface area contributed by atoms with E-state index in [4.69, 9.17) is 0 Å². The molecule has 1 aliphatic rings. The number of piperidine rings is 1. The SMILES string of the molecule is CCc1nnc(NCC2CCCN(C)C2)s1. The number of nitrogens with zero attached hydrogens (tertiary/aromatic N) is 3. The first-order valence-corrected chi connectivity index (χ1v) is 6.84. The van der Waals surface area contributed by atoms with E-state index in [1.807, 2.05) is 0 Å². The number of likely N-dealkylation sites (tertiary alicyclic amines) is 1. The van der Waals surface area contributed by atoms with Crippen LogP contribution in [0.1, 0.15) is 24.8 Å². The molecule has 1 N–H and O–H groups in total. The second kappa shape index (κ2) is 5.59. The summed E-state index contributed by atoms with van der Waals surface area (Å²) in [6.45, 7) is 5.59. The second-order valence-corrected chi connectivity index (χ2v) is 5.57. The average molecular weight is 240 g/mol. The normalized spacial score (nSPS) is 22.2. The molecule has 0 amide bonds. The highest BCUT2D eigenvalue weighted by atomic mass is 32.1. The Morgan fingerprint density at radius 2 is 2.38 bits per heavy atom. The molecule has 1 unspecified atom stereocenters. The van der Waals surface area contributed by atoms with Crippen LogP contribution in [-0.4, -0.2) is 41.8 Å². The second-order valence-electron chi connectivity index (χ2n) is 4.51. The van der Waals surface area contributed by atoms with Crippen molar-refractivity contribution in [3.05, 3.63) is 5.01 Å². The summed E-state index contributed by atoms with van der Waals surface area (Å²) < 4.78 is 0. The Bertz CT molecular complexity index is 326. The van der Waals surface area contributed by atoms with Gasteiger partial charge in [-0.2, -0.15) is 0 Å². The van der Waals surface area contributed by atoms with Gasteiger partial charge in [0.15, 0.2) is 0 Å². The molecule has 0 aromatic carbocycles. The van der Waals surface area contributed by atoms with Crippen LogP contribution in [0, 0.1) is 5.92 Å². The van der Waals surface area contributed by atoms with Crippen LogP contribution in [0.3, 0.4) is 0 Å². The smallest absolute Gasteiger partial charge is 0.205 e. The van der Waals surface area contributed by atoms with Crippen molar-refractivity contribution < 1.29 is 0 Å². The Morgan fingerprint density at radius 1 is 1.50 bits per heavy atom. The van der Waals surface area contributed by atoms with Gasteiger partial charge in [-0.25, -0.2) is 0 Å². The van der Waals surface area contributed by atoms with Crippen LogP contribution < -0.4 is 5.32 Å². The molecule has 0 bridgehead atoms. The molecule has 1 atom stereocenters. The van der Waals surface area contributed by atoms with Gasteiger partial charge in [0.1, 0.15) is 5.01 Å². The fourth-order valence-electron chi connectivity index (χ4n) is 2.14. The van der Waals surface area contributed by atoms with Crippen LogP contribution in [0.4, 0.5) is 5.13 Å². The summed E-state index contributed by atoms with van der Waals surface area (Å²) in [6.07, 6.45) is 3.63. The third-order valence-corrected chi connectivity index (χ3v) is 4.06. The highest BCUT2D eigenvalue weighted by molar-refractivity contribution is 7.15. The molecule has 2 heterocycles. The summed E-state index contributed by atoms with van der Waals surface area (Å²) in [5, 5.41) is 13.7. The molecule has 1 fully saturated rings. The molecule has 1 aromatic heterocycles. The quantitative estimate of drug-likeness (QED) is 0.872. The lowest BCUT2D eigenvalue weighted by atomic mass is 9.99. The lowest BCUT2D eigenvalue weighted by Gasteiger charge is -2.29. The standard InChI is InChI=1S/C11H20N4S/c1-3-10-13-14-11(16-10)12-7-9-5-4-6-15(2)8-9/h9H,3-8H2,1-2H3,(H,12,14). The summed E-state index contributed by atoms with van der Waals surface area (Å²) >= 11 is 1.68. The van der Waals surface area contributed by atoms with Crippen molar-refractivity contribution in [1.82, 2.24) is 15.1 Å². The van der Waals surface area contributed by atoms with Gasteiger partial charge in [0.25, 0.3) is 0 Å². The molecule has 90 valence electrons. The van der Waals surface area contributed by atoms with Crippen molar-refractivity contribution in [1.29, 1.82) is 0 Å². The average Bonchev–Trinajstić information content (AvgIpc) is 2.74. The Kier molecular flexibility index (Phi) is 4.12. The van der Waals surface area contributed by atoms with Crippen molar-refractivity contribution >= 4 is 16.5 Å². The van der Waals surface area contributed by atoms with E-state index in [-0.39, 0.29) is 0 Å². The number of anilines is 1. The van der Waals surface area contributed by atoms with Crippen LogP contribution in [0.15, 0.2) is 0 Å². The van der Waals surface area contributed by atoms with E-state index in [0.717, 1.165) is 29.0 Å². The van der Waals surface area contributed by atoms with Gasteiger partial charge in [-0.05, 0) is 38.8 Å². The summed E-state index contributed by atoms with van der Waals surface area (Å²) in [5.74, 6) is 0.757. The van der Waals surface area contributed by atoms with Crippen molar-refractivity contribution in [2.75, 3.05) is 32.0 Å². The lowest BCUT2D eigenvalue weighted by molar-refractivity contribution is 0.217. The summed E-state index contributed by atoms with van der Waals surface area (Å²) in [5.41, 5.74) is 0. The van der Waals surface area contributed by atoms with E-state index in [0.29, 0.717) is 0 Å². The van der Waals surface area contributed by atoms with Crippen molar-refractivity contribution in [2.45, 2.75) is 26.2 Å². The molecular weight excluding hydrogens is 220 g/mol. The maximum atomic E-state index is 4.13. The minimum Gasteiger partial charge on any atom is -0.360 e. The Balaban J connectivity index is 1.78. The number of aromatic nitrogens is 2. The third-order valence-electron chi connectivity index (χ3n) is 3.03. The number of hydrogen-bond donors (Lipinski definition) is 1. The van der Waals surface area contributed by atoms with E-state index >= 15 is 0 Å². The molecule has 0 saturated carbocycles. The minimum atomic E-state index is 0.757. The van der Waals surface area contributed by atoms with E-state index in [9.17, 15) is 0 Å². The van der Waals surface area contributed by atoms with Gasteiger partial charge in [-0.1, -0.05) is 18.3 Å². The maximum Gasteiger partial charge on any atom is 0.205 e. The van der Waals surface area contributed by atoms with E-state index in [1.54, 1.807) is 11.3 Å². The van der Waals surface area contributed by atoms with Gasteiger partial charge >= 0.3 is 0 Å². The summed E-state index contributed by atoms with van der Waals surface area (Å²) in [4.78, 5) is 2.41. The highest BCUT2D eigenvalue weighted by Crippen LogP contribution is 2.19. The van der Waals surface area contributed by atoms with Crippen LogP contribution >= 0.6 is 11.3 Å². The first-order chi connectivity index (χ1) is 7.78. The molecule has 2 rings (SSSR count). The number of rotatable bonds is 4. The molecule has 16 heavy (non-hydrogen) atoms. The first kappa shape index (κ1) is 11.8. The van der Waals surface area contributed by atoms with Gasteiger partial charge in [0.05, 0.1) is 0 Å². The van der Waals surface area contributed by atoms with Crippen molar-refractivity contribution in [3.8, 4) is 0 Å². The molecule has 1 aliphatic heterocycles. The predicted octanol–water partition coefficient (Wildman–Crippen LogP) is 1.85. The Morgan fingerprint density at radius 3 is 3.06 bits per heavy atom. The summed E-state index contributed by atoms with van der Waals surface area (Å²) in [6, 6.07) is 0. The predicted molar refractivity (Wildman–Crippen MR) is 68.0 cm³/mol. The molecular formula is C11H20N4S. The van der Waals surface area contributed by atoms with Gasteiger partial charge < -0.3 is 10.2 Å². The maximum absolute atomic E-state index is 4.13. The van der Waals surface area contributed by atoms with Gasteiger partial charge in [-0.3, -0.25) is 0 Å². The molecule has 0 radical (unpaired) electrons. The minimum absolute atomic E-state index is 0.757. The zero-order valence-corrected chi connectivity index (χ0v) is 10.9. The van der Waals surface area contributed by atoms with E-state index in [2.05, 4.69) is 34.4 Å². The highest BCUT2D eigenvalue weighted by Gasteiger charge is 2.17.